The van der Waals surface area contributed by atoms with Gasteiger partial charge in [0.15, 0.2) is 5.82 Å². The molecule has 0 aliphatic heterocycles. The first kappa shape index (κ1) is 15.4. The van der Waals surface area contributed by atoms with Crippen LogP contribution in [0.2, 0.25) is 0 Å². The molecule has 1 aromatic heterocycles. The van der Waals surface area contributed by atoms with Crippen LogP contribution in [0, 0.1) is 6.92 Å². The summed E-state index contributed by atoms with van der Waals surface area (Å²) in [5, 5.41) is 16.9. The van der Waals surface area contributed by atoms with Gasteiger partial charge in [0.1, 0.15) is 6.04 Å². The number of urea groups is 1. The first-order valence-electron chi connectivity index (χ1n) is 5.73. The van der Waals surface area contributed by atoms with E-state index in [0.29, 0.717) is 18.1 Å². The van der Waals surface area contributed by atoms with Crippen molar-refractivity contribution >= 4 is 17.9 Å². The third-order valence-electron chi connectivity index (χ3n) is 2.20. The molecule has 1 unspecified atom stereocenters. The molecule has 10 nitrogen and oxygen atoms in total. The lowest BCUT2D eigenvalue weighted by molar-refractivity contribution is -0.140. The van der Waals surface area contributed by atoms with E-state index in [1.54, 1.807) is 6.92 Å². The van der Waals surface area contributed by atoms with Crippen LogP contribution < -0.4 is 16.4 Å². The molecule has 0 saturated carbocycles. The van der Waals surface area contributed by atoms with E-state index in [-0.39, 0.29) is 6.54 Å². The van der Waals surface area contributed by atoms with Gasteiger partial charge in [-0.2, -0.15) is 4.98 Å². The van der Waals surface area contributed by atoms with E-state index in [1.807, 2.05) is 0 Å². The molecule has 20 heavy (non-hydrogen) atoms. The Kier molecular flexibility index (Phi) is 5.44. The van der Waals surface area contributed by atoms with Crippen molar-refractivity contribution in [2.45, 2.75) is 25.8 Å². The van der Waals surface area contributed by atoms with E-state index in [4.69, 9.17) is 15.4 Å². The van der Waals surface area contributed by atoms with Crippen LogP contribution in [0.1, 0.15) is 18.1 Å². The monoisotopic (exact) mass is 285 g/mol. The summed E-state index contributed by atoms with van der Waals surface area (Å²) < 4.78 is 4.83. The molecule has 0 spiro atoms. The van der Waals surface area contributed by atoms with E-state index >= 15 is 0 Å². The second kappa shape index (κ2) is 7.07. The molecule has 110 valence electrons. The number of nitrogens with zero attached hydrogens (tertiary/aromatic N) is 2. The Bertz CT molecular complexity index is 500. The fourth-order valence-electron chi connectivity index (χ4n) is 1.34. The Morgan fingerprint density at radius 3 is 2.65 bits per heavy atom. The van der Waals surface area contributed by atoms with E-state index in [1.165, 1.54) is 0 Å². The highest BCUT2D eigenvalue weighted by Gasteiger charge is 2.21. The van der Waals surface area contributed by atoms with E-state index in [0.717, 1.165) is 0 Å². The third kappa shape index (κ3) is 5.33. The number of amides is 3. The summed E-state index contributed by atoms with van der Waals surface area (Å²) in [6.45, 7) is 1.84. The number of carboxylic acid groups (broad SMARTS) is 1. The largest absolute Gasteiger partial charge is 0.480 e. The van der Waals surface area contributed by atoms with E-state index in [2.05, 4.69) is 20.8 Å². The van der Waals surface area contributed by atoms with Crippen molar-refractivity contribution < 1.29 is 24.0 Å². The zero-order valence-corrected chi connectivity index (χ0v) is 10.8. The number of aryl methyl sites for hydroxylation is 1. The van der Waals surface area contributed by atoms with Crippen LogP contribution in [0.4, 0.5) is 4.79 Å². The number of carbonyl (C=O) groups is 3. The van der Waals surface area contributed by atoms with E-state index in [9.17, 15) is 14.4 Å². The van der Waals surface area contributed by atoms with Crippen molar-refractivity contribution in [3.8, 4) is 0 Å². The molecule has 0 radical (unpaired) electrons. The van der Waals surface area contributed by atoms with Gasteiger partial charge in [0.25, 0.3) is 0 Å². The lowest BCUT2D eigenvalue weighted by atomic mass is 10.2. The minimum absolute atomic E-state index is 0.177. The van der Waals surface area contributed by atoms with Gasteiger partial charge in [0, 0.05) is 13.0 Å². The molecule has 1 rings (SSSR count). The first-order valence-corrected chi connectivity index (χ1v) is 5.73. The molecule has 0 bridgehead atoms. The minimum Gasteiger partial charge on any atom is -0.480 e. The number of nitrogens with one attached hydrogen (secondary N) is 2. The summed E-state index contributed by atoms with van der Waals surface area (Å²) in [5.74, 6) is -1.32. The molecule has 10 heteroatoms. The fourth-order valence-corrected chi connectivity index (χ4v) is 1.34. The first-order chi connectivity index (χ1) is 9.38. The molecule has 5 N–H and O–H groups in total. The molecule has 1 heterocycles. The number of primary amides is 1. The summed E-state index contributed by atoms with van der Waals surface area (Å²) in [6, 6.07) is -2.09. The van der Waals surface area contributed by atoms with Gasteiger partial charge in [0.05, 0.1) is 6.42 Å². The summed E-state index contributed by atoms with van der Waals surface area (Å²) in [5.41, 5.74) is 4.88. The smallest absolute Gasteiger partial charge is 0.326 e. The molecular weight excluding hydrogens is 270 g/mol. The van der Waals surface area contributed by atoms with Crippen LogP contribution in [0.5, 0.6) is 0 Å². The molecule has 0 aliphatic carbocycles. The Hall–Kier alpha value is -2.65. The number of rotatable bonds is 7. The van der Waals surface area contributed by atoms with Gasteiger partial charge in [-0.3, -0.25) is 4.79 Å². The van der Waals surface area contributed by atoms with Crippen LogP contribution in [0.25, 0.3) is 0 Å². The molecule has 0 aliphatic rings. The summed E-state index contributed by atoms with van der Waals surface area (Å²) in [4.78, 5) is 36.8. The Balaban J connectivity index is 2.34. The maximum Gasteiger partial charge on any atom is 0.326 e. The highest BCUT2D eigenvalue weighted by atomic mass is 16.5. The van der Waals surface area contributed by atoms with Crippen LogP contribution >= 0.6 is 0 Å². The maximum atomic E-state index is 11.4. The van der Waals surface area contributed by atoms with Gasteiger partial charge in [-0.25, -0.2) is 9.59 Å². The summed E-state index contributed by atoms with van der Waals surface area (Å²) >= 11 is 0. The molecule has 1 atom stereocenters. The summed E-state index contributed by atoms with van der Waals surface area (Å²) in [7, 11) is 0. The average molecular weight is 285 g/mol. The number of aliphatic carboxylic acids is 1. The second-order valence-electron chi connectivity index (χ2n) is 3.95. The van der Waals surface area contributed by atoms with Crippen molar-refractivity contribution in [3.05, 3.63) is 11.7 Å². The SMILES string of the molecule is Cc1noc(CCNC(=O)NC(CC(N)=O)C(=O)O)n1. The van der Waals surface area contributed by atoms with Gasteiger partial charge in [-0.15, -0.1) is 0 Å². The van der Waals surface area contributed by atoms with E-state index < -0.39 is 30.4 Å². The lowest BCUT2D eigenvalue weighted by Gasteiger charge is -2.13. The van der Waals surface area contributed by atoms with Gasteiger partial charge in [0.2, 0.25) is 11.8 Å². The molecule has 0 aromatic carbocycles. The summed E-state index contributed by atoms with van der Waals surface area (Å²) in [6.07, 6.45) is -0.173. The fraction of sp³-hybridized carbons (Fsp3) is 0.500. The predicted octanol–water partition coefficient (Wildman–Crippen LogP) is -1.45. The van der Waals surface area contributed by atoms with Gasteiger partial charge in [-0.1, -0.05) is 5.16 Å². The molecule has 3 amide bonds. The van der Waals surface area contributed by atoms with Crippen molar-refractivity contribution in [1.82, 2.24) is 20.8 Å². The lowest BCUT2D eigenvalue weighted by Crippen LogP contribution is -2.48. The van der Waals surface area contributed by atoms with Crippen LogP contribution in [0.15, 0.2) is 4.52 Å². The second-order valence-corrected chi connectivity index (χ2v) is 3.95. The normalized spacial score (nSPS) is 11.7. The van der Waals surface area contributed by atoms with Gasteiger partial charge in [-0.05, 0) is 6.92 Å². The van der Waals surface area contributed by atoms with Crippen LogP contribution in [-0.4, -0.2) is 45.7 Å². The quantitative estimate of drug-likeness (QED) is 0.476. The number of aromatic nitrogens is 2. The third-order valence-corrected chi connectivity index (χ3v) is 2.20. The van der Waals surface area contributed by atoms with Crippen molar-refractivity contribution in [2.24, 2.45) is 5.73 Å². The predicted molar refractivity (Wildman–Crippen MR) is 64.5 cm³/mol. The average Bonchev–Trinajstić information content (AvgIpc) is 2.73. The zero-order chi connectivity index (χ0) is 15.1. The standard InChI is InChI=1S/C10H15N5O5/c1-5-13-8(20-15-5)2-3-12-10(19)14-6(9(17)18)4-7(11)16/h6H,2-4H2,1H3,(H2,11,16)(H,17,18)(H2,12,14,19). The molecule has 0 fully saturated rings. The topological polar surface area (TPSA) is 160 Å². The Morgan fingerprint density at radius 2 is 2.15 bits per heavy atom. The van der Waals surface area contributed by atoms with Crippen molar-refractivity contribution in [2.75, 3.05) is 6.54 Å². The number of hydrogen-bond donors (Lipinski definition) is 4. The molecular formula is C10H15N5O5. The van der Waals surface area contributed by atoms with Gasteiger partial charge >= 0.3 is 12.0 Å². The highest BCUT2D eigenvalue weighted by Crippen LogP contribution is 1.96. The van der Waals surface area contributed by atoms with Gasteiger partial charge < -0.3 is 26.0 Å². The minimum atomic E-state index is -1.36. The van der Waals surface area contributed by atoms with Crippen LogP contribution in [0.3, 0.4) is 0 Å². The zero-order valence-electron chi connectivity index (χ0n) is 10.8. The number of carboxylic acids is 1. The maximum absolute atomic E-state index is 11.4. The van der Waals surface area contributed by atoms with Crippen molar-refractivity contribution in [3.63, 3.8) is 0 Å². The Morgan fingerprint density at radius 1 is 1.45 bits per heavy atom. The number of hydrogen-bond acceptors (Lipinski definition) is 6. The highest BCUT2D eigenvalue weighted by molar-refractivity contribution is 5.87. The Labute approximate surface area is 113 Å². The molecule has 1 aromatic rings. The molecule has 0 saturated heterocycles. The number of carbonyl (C=O) groups excluding carboxylic acids is 2. The van der Waals surface area contributed by atoms with Crippen molar-refractivity contribution in [1.29, 1.82) is 0 Å². The number of nitrogens with two attached hydrogens (primary N) is 1. The van der Waals surface area contributed by atoms with Crippen LogP contribution in [-0.2, 0) is 16.0 Å².